The molecule has 0 spiro atoms. The van der Waals surface area contributed by atoms with Crippen LogP contribution in [0.3, 0.4) is 0 Å². The Balaban J connectivity index is 1.82. The van der Waals surface area contributed by atoms with E-state index in [4.69, 9.17) is 10.00 Å². The lowest BCUT2D eigenvalue weighted by Crippen LogP contribution is -2.14. The first-order valence-electron chi connectivity index (χ1n) is 5.49. The molecule has 1 aromatic rings. The maximum Gasteiger partial charge on any atom is 0.236 e. The van der Waals surface area contributed by atoms with Crippen molar-refractivity contribution in [1.29, 1.82) is 5.26 Å². The Morgan fingerprint density at radius 3 is 3.28 bits per heavy atom. The van der Waals surface area contributed by atoms with Crippen molar-refractivity contribution >= 4 is 34.1 Å². The number of rotatable bonds is 5. The monoisotopic (exact) mass is 284 g/mol. The van der Waals surface area contributed by atoms with Gasteiger partial charge in [0.1, 0.15) is 11.1 Å². The van der Waals surface area contributed by atoms with Gasteiger partial charge in [-0.2, -0.15) is 5.26 Å². The second-order valence-electron chi connectivity index (χ2n) is 3.65. The van der Waals surface area contributed by atoms with Gasteiger partial charge in [-0.05, 0) is 12.8 Å². The molecule has 18 heavy (non-hydrogen) atoms. The Morgan fingerprint density at radius 2 is 2.56 bits per heavy atom. The van der Waals surface area contributed by atoms with E-state index in [1.165, 1.54) is 23.1 Å². The minimum absolute atomic E-state index is 0.0288. The highest BCUT2D eigenvalue weighted by Crippen LogP contribution is 2.31. The van der Waals surface area contributed by atoms with E-state index in [-0.39, 0.29) is 17.8 Å². The number of carbonyl (C=O) groups excluding carboxylic acids is 1. The van der Waals surface area contributed by atoms with E-state index in [1.807, 2.05) is 6.07 Å². The standard InChI is InChI=1S/C10H12N4O2S2/c11-3-5-17-6-8(15)12-10-14-13-9(18-10)7-2-1-4-16-7/h7H,1-2,4-6H2,(H,12,14,15). The summed E-state index contributed by atoms with van der Waals surface area (Å²) in [6.07, 6.45) is 2.03. The van der Waals surface area contributed by atoms with Crippen LogP contribution in [-0.2, 0) is 9.53 Å². The van der Waals surface area contributed by atoms with Crippen LogP contribution >= 0.6 is 23.1 Å². The summed E-state index contributed by atoms with van der Waals surface area (Å²) in [5.41, 5.74) is 0. The van der Waals surface area contributed by atoms with Crippen LogP contribution in [-0.4, -0.2) is 34.2 Å². The Labute approximate surface area is 113 Å². The van der Waals surface area contributed by atoms with E-state index in [2.05, 4.69) is 15.5 Å². The second kappa shape index (κ2) is 6.68. The molecule has 1 aromatic heterocycles. The van der Waals surface area contributed by atoms with Crippen molar-refractivity contribution in [2.45, 2.75) is 18.9 Å². The first-order valence-corrected chi connectivity index (χ1v) is 7.46. The molecular weight excluding hydrogens is 272 g/mol. The SMILES string of the molecule is N#CCSCC(=O)Nc1nnc(C2CCCO2)s1. The zero-order chi connectivity index (χ0) is 12.8. The molecule has 2 heterocycles. The van der Waals surface area contributed by atoms with Crippen molar-refractivity contribution < 1.29 is 9.53 Å². The van der Waals surface area contributed by atoms with Gasteiger partial charge in [-0.3, -0.25) is 10.1 Å². The number of nitriles is 1. The topological polar surface area (TPSA) is 87.9 Å². The number of amides is 1. The molecule has 1 N–H and O–H groups in total. The molecule has 1 unspecified atom stereocenters. The number of carbonyl (C=O) groups is 1. The van der Waals surface area contributed by atoms with Gasteiger partial charge < -0.3 is 4.74 Å². The minimum Gasteiger partial charge on any atom is -0.371 e. The van der Waals surface area contributed by atoms with Gasteiger partial charge in [0.05, 0.1) is 17.6 Å². The molecule has 0 aromatic carbocycles. The van der Waals surface area contributed by atoms with Gasteiger partial charge in [-0.15, -0.1) is 22.0 Å². The Bertz CT molecular complexity index is 451. The highest BCUT2D eigenvalue weighted by molar-refractivity contribution is 8.00. The van der Waals surface area contributed by atoms with Crippen molar-refractivity contribution in [3.8, 4) is 6.07 Å². The molecule has 0 bridgehead atoms. The van der Waals surface area contributed by atoms with Gasteiger partial charge in [0.25, 0.3) is 0 Å². The summed E-state index contributed by atoms with van der Waals surface area (Å²) >= 11 is 2.62. The first-order chi connectivity index (χ1) is 8.79. The molecule has 0 aliphatic carbocycles. The van der Waals surface area contributed by atoms with Crippen LogP contribution in [0.15, 0.2) is 0 Å². The van der Waals surface area contributed by atoms with E-state index in [9.17, 15) is 4.79 Å². The number of hydrogen-bond donors (Lipinski definition) is 1. The molecular formula is C10H12N4O2S2. The summed E-state index contributed by atoms with van der Waals surface area (Å²) in [5.74, 6) is 0.401. The van der Waals surface area contributed by atoms with Crippen LogP contribution in [0.2, 0.25) is 0 Å². The molecule has 1 atom stereocenters. The summed E-state index contributed by atoms with van der Waals surface area (Å²) in [6.45, 7) is 0.761. The maximum absolute atomic E-state index is 11.5. The largest absolute Gasteiger partial charge is 0.371 e. The third kappa shape index (κ3) is 3.66. The molecule has 1 fully saturated rings. The molecule has 1 amide bonds. The van der Waals surface area contributed by atoms with Crippen LogP contribution in [0.5, 0.6) is 0 Å². The van der Waals surface area contributed by atoms with E-state index in [1.54, 1.807) is 0 Å². The van der Waals surface area contributed by atoms with E-state index >= 15 is 0 Å². The van der Waals surface area contributed by atoms with Crippen molar-refractivity contribution in [3.05, 3.63) is 5.01 Å². The predicted molar refractivity (Wildman–Crippen MR) is 69.4 cm³/mol. The average molecular weight is 284 g/mol. The molecule has 1 saturated heterocycles. The van der Waals surface area contributed by atoms with Crippen LogP contribution in [0, 0.1) is 11.3 Å². The predicted octanol–water partition coefficient (Wildman–Crippen LogP) is 1.58. The highest BCUT2D eigenvalue weighted by atomic mass is 32.2. The summed E-state index contributed by atoms with van der Waals surface area (Å²) in [4.78, 5) is 11.5. The van der Waals surface area contributed by atoms with E-state index in [0.29, 0.717) is 10.9 Å². The lowest BCUT2D eigenvalue weighted by Gasteiger charge is -2.02. The Morgan fingerprint density at radius 1 is 1.67 bits per heavy atom. The van der Waals surface area contributed by atoms with Gasteiger partial charge in [0.15, 0.2) is 0 Å². The fraction of sp³-hybridized carbons (Fsp3) is 0.600. The molecule has 0 saturated carbocycles. The third-order valence-corrected chi connectivity index (χ3v) is 4.02. The number of anilines is 1. The number of nitrogens with one attached hydrogen (secondary N) is 1. The average Bonchev–Trinajstić information content (AvgIpc) is 2.98. The summed E-state index contributed by atoms with van der Waals surface area (Å²) in [7, 11) is 0. The van der Waals surface area contributed by atoms with Gasteiger partial charge >= 0.3 is 0 Å². The number of thioether (sulfide) groups is 1. The molecule has 0 radical (unpaired) electrons. The molecule has 1 aliphatic heterocycles. The quantitative estimate of drug-likeness (QED) is 0.826. The minimum atomic E-state index is -0.162. The normalized spacial score (nSPS) is 18.5. The van der Waals surface area contributed by atoms with Crippen molar-refractivity contribution in [3.63, 3.8) is 0 Å². The van der Waals surface area contributed by atoms with Crippen molar-refractivity contribution in [2.75, 3.05) is 23.4 Å². The molecule has 2 rings (SSSR count). The van der Waals surface area contributed by atoms with E-state index < -0.39 is 0 Å². The van der Waals surface area contributed by atoms with Gasteiger partial charge in [0, 0.05) is 6.61 Å². The Kier molecular flexibility index (Phi) is 4.92. The smallest absolute Gasteiger partial charge is 0.236 e. The zero-order valence-corrected chi connectivity index (χ0v) is 11.2. The summed E-state index contributed by atoms with van der Waals surface area (Å²) in [6, 6.07) is 1.97. The number of hydrogen-bond acceptors (Lipinski definition) is 7. The number of nitrogens with zero attached hydrogens (tertiary/aromatic N) is 3. The summed E-state index contributed by atoms with van der Waals surface area (Å²) < 4.78 is 5.49. The lowest BCUT2D eigenvalue weighted by molar-refractivity contribution is -0.113. The molecule has 1 aliphatic rings. The van der Waals surface area contributed by atoms with Crippen LogP contribution in [0.25, 0.3) is 0 Å². The molecule has 96 valence electrons. The zero-order valence-electron chi connectivity index (χ0n) is 9.59. The first kappa shape index (κ1) is 13.3. The van der Waals surface area contributed by atoms with E-state index in [0.717, 1.165) is 24.5 Å². The summed E-state index contributed by atoms with van der Waals surface area (Å²) in [5, 5.41) is 20.3. The van der Waals surface area contributed by atoms with Gasteiger partial charge in [0.2, 0.25) is 11.0 Å². The number of ether oxygens (including phenoxy) is 1. The highest BCUT2D eigenvalue weighted by Gasteiger charge is 2.22. The van der Waals surface area contributed by atoms with Crippen molar-refractivity contribution in [1.82, 2.24) is 10.2 Å². The molecule has 6 nitrogen and oxygen atoms in total. The van der Waals surface area contributed by atoms with Gasteiger partial charge in [-0.1, -0.05) is 11.3 Å². The van der Waals surface area contributed by atoms with Crippen LogP contribution in [0.1, 0.15) is 24.0 Å². The fourth-order valence-electron chi connectivity index (χ4n) is 1.53. The second-order valence-corrected chi connectivity index (χ2v) is 5.64. The van der Waals surface area contributed by atoms with Crippen LogP contribution in [0.4, 0.5) is 5.13 Å². The third-order valence-electron chi connectivity index (χ3n) is 2.29. The number of aromatic nitrogens is 2. The lowest BCUT2D eigenvalue weighted by atomic mass is 10.2. The van der Waals surface area contributed by atoms with Crippen molar-refractivity contribution in [2.24, 2.45) is 0 Å². The fourth-order valence-corrected chi connectivity index (χ4v) is 2.83. The maximum atomic E-state index is 11.5. The van der Waals surface area contributed by atoms with Crippen LogP contribution < -0.4 is 5.32 Å². The Hall–Kier alpha value is -1.17. The van der Waals surface area contributed by atoms with Gasteiger partial charge in [-0.25, -0.2) is 0 Å². The molecule has 8 heteroatoms.